The Morgan fingerprint density at radius 3 is 2.28 bits per heavy atom. The predicted molar refractivity (Wildman–Crippen MR) is 101 cm³/mol. The summed E-state index contributed by atoms with van der Waals surface area (Å²) in [7, 11) is 0. The van der Waals surface area contributed by atoms with Crippen molar-refractivity contribution in [1.29, 1.82) is 0 Å². The van der Waals surface area contributed by atoms with Crippen molar-refractivity contribution < 1.29 is 14.3 Å². The van der Waals surface area contributed by atoms with Crippen molar-refractivity contribution in [2.45, 2.75) is 26.2 Å². The largest absolute Gasteiger partial charge is 0.490 e. The molecule has 0 aromatic heterocycles. The van der Waals surface area contributed by atoms with Crippen molar-refractivity contribution in [2.75, 3.05) is 18.5 Å². The Morgan fingerprint density at radius 1 is 1.08 bits per heavy atom. The Labute approximate surface area is 149 Å². The van der Waals surface area contributed by atoms with Gasteiger partial charge in [0.2, 0.25) is 0 Å². The van der Waals surface area contributed by atoms with Crippen LogP contribution in [0.2, 0.25) is 0 Å². The average Bonchev–Trinajstić information content (AvgIpc) is 2.65. The first kappa shape index (κ1) is 18.6. The van der Waals surface area contributed by atoms with Gasteiger partial charge in [0.05, 0.1) is 0 Å². The minimum absolute atomic E-state index is 0.0304. The molecule has 0 aliphatic heterocycles. The third-order valence-corrected chi connectivity index (χ3v) is 3.94. The van der Waals surface area contributed by atoms with Crippen molar-refractivity contribution in [3.63, 3.8) is 0 Å². The number of hydrogen-bond acceptors (Lipinski definition) is 3. The topological polar surface area (TPSA) is 47.6 Å². The molecule has 0 heterocycles. The fourth-order valence-electron chi connectivity index (χ4n) is 2.26. The molecule has 0 spiro atoms. The highest BCUT2D eigenvalue weighted by Gasteiger charge is 2.06. The maximum absolute atomic E-state index is 12.0. The van der Waals surface area contributed by atoms with E-state index in [1.807, 2.05) is 24.3 Å². The number of ether oxygens (including phenoxy) is 2. The maximum atomic E-state index is 12.0. The van der Waals surface area contributed by atoms with E-state index in [0.29, 0.717) is 24.0 Å². The van der Waals surface area contributed by atoms with Crippen LogP contribution in [-0.4, -0.2) is 19.1 Å². The van der Waals surface area contributed by atoms with Crippen molar-refractivity contribution >= 4 is 11.6 Å². The van der Waals surface area contributed by atoms with Crippen LogP contribution in [-0.2, 0) is 4.79 Å². The van der Waals surface area contributed by atoms with Gasteiger partial charge in [-0.3, -0.25) is 4.79 Å². The third-order valence-electron chi connectivity index (χ3n) is 3.94. The molecule has 4 heteroatoms. The monoisotopic (exact) mass is 339 g/mol. The molecule has 25 heavy (non-hydrogen) atoms. The van der Waals surface area contributed by atoms with Crippen LogP contribution in [0.25, 0.3) is 0 Å². The maximum Gasteiger partial charge on any atom is 0.262 e. The van der Waals surface area contributed by atoms with Crippen LogP contribution in [0.15, 0.2) is 61.2 Å². The summed E-state index contributed by atoms with van der Waals surface area (Å²) in [5.41, 5.74) is 1.98. The minimum atomic E-state index is -0.203. The van der Waals surface area contributed by atoms with Crippen LogP contribution in [0.3, 0.4) is 0 Å². The third kappa shape index (κ3) is 5.99. The average molecular weight is 339 g/mol. The van der Waals surface area contributed by atoms with E-state index in [2.05, 4.69) is 25.7 Å². The van der Waals surface area contributed by atoms with E-state index < -0.39 is 0 Å². The van der Waals surface area contributed by atoms with Gasteiger partial charge in [0.1, 0.15) is 18.1 Å². The fraction of sp³-hybridized carbons (Fsp3) is 0.286. The Kier molecular flexibility index (Phi) is 7.08. The van der Waals surface area contributed by atoms with Gasteiger partial charge in [0.15, 0.2) is 6.61 Å². The Morgan fingerprint density at radius 2 is 1.68 bits per heavy atom. The van der Waals surface area contributed by atoms with Crippen LogP contribution in [0.4, 0.5) is 5.69 Å². The van der Waals surface area contributed by atoms with Crippen LogP contribution in [0.5, 0.6) is 11.5 Å². The molecule has 0 radical (unpaired) electrons. The molecule has 0 unspecified atom stereocenters. The lowest BCUT2D eigenvalue weighted by atomic mass is 9.99. The molecule has 2 aromatic rings. The molecule has 1 atom stereocenters. The zero-order chi connectivity index (χ0) is 18.1. The molecule has 0 aliphatic rings. The van der Waals surface area contributed by atoms with Gasteiger partial charge in [-0.15, -0.1) is 0 Å². The van der Waals surface area contributed by atoms with Gasteiger partial charge >= 0.3 is 0 Å². The van der Waals surface area contributed by atoms with Crippen LogP contribution in [0, 0.1) is 0 Å². The molecule has 132 valence electrons. The quantitative estimate of drug-likeness (QED) is 0.669. The first-order valence-corrected chi connectivity index (χ1v) is 8.48. The van der Waals surface area contributed by atoms with Gasteiger partial charge in [0.25, 0.3) is 5.91 Å². The number of hydrogen-bond donors (Lipinski definition) is 1. The van der Waals surface area contributed by atoms with Gasteiger partial charge in [-0.05, 0) is 54.3 Å². The van der Waals surface area contributed by atoms with E-state index in [1.54, 1.807) is 30.3 Å². The number of anilines is 1. The lowest BCUT2D eigenvalue weighted by Crippen LogP contribution is -2.20. The van der Waals surface area contributed by atoms with Crippen molar-refractivity contribution in [1.82, 2.24) is 0 Å². The van der Waals surface area contributed by atoms with Gasteiger partial charge < -0.3 is 14.8 Å². The van der Waals surface area contributed by atoms with Gasteiger partial charge in [-0.1, -0.05) is 38.6 Å². The molecule has 0 aliphatic carbocycles. The number of carbonyl (C=O) groups is 1. The van der Waals surface area contributed by atoms with E-state index in [0.717, 1.165) is 12.2 Å². The lowest BCUT2D eigenvalue weighted by molar-refractivity contribution is -0.118. The second-order valence-electron chi connectivity index (χ2n) is 5.84. The number of rotatable bonds is 9. The summed E-state index contributed by atoms with van der Waals surface area (Å²) < 4.78 is 10.9. The molecular formula is C21H25NO3. The zero-order valence-electron chi connectivity index (χ0n) is 14.8. The van der Waals surface area contributed by atoms with Crippen molar-refractivity contribution in [3.05, 3.63) is 66.7 Å². The number of nitrogens with one attached hydrogen (secondary N) is 1. The molecular weight excluding hydrogens is 314 g/mol. The van der Waals surface area contributed by atoms with Gasteiger partial charge in [0, 0.05) is 5.69 Å². The normalized spacial score (nSPS) is 11.4. The standard InChI is InChI=1S/C21H25NO3/c1-4-14-24-19-12-8-18(9-13-19)22-21(23)15-25-20-10-6-17(7-11-20)16(3)5-2/h4,6-13,16H,1,5,14-15H2,2-3H3,(H,22,23)/t16-/m0/s1. The number of amides is 1. The molecule has 0 saturated heterocycles. The Hall–Kier alpha value is -2.75. The highest BCUT2D eigenvalue weighted by Crippen LogP contribution is 2.21. The van der Waals surface area contributed by atoms with E-state index in [-0.39, 0.29) is 12.5 Å². The molecule has 1 N–H and O–H groups in total. The molecule has 2 rings (SSSR count). The zero-order valence-corrected chi connectivity index (χ0v) is 14.8. The smallest absolute Gasteiger partial charge is 0.262 e. The minimum Gasteiger partial charge on any atom is -0.490 e. The van der Waals surface area contributed by atoms with Crippen LogP contribution in [0.1, 0.15) is 31.7 Å². The summed E-state index contributed by atoms with van der Waals surface area (Å²) >= 11 is 0. The van der Waals surface area contributed by atoms with Crippen molar-refractivity contribution in [2.24, 2.45) is 0 Å². The van der Waals surface area contributed by atoms with Gasteiger partial charge in [-0.25, -0.2) is 0 Å². The van der Waals surface area contributed by atoms with E-state index >= 15 is 0 Å². The first-order chi connectivity index (χ1) is 12.1. The molecule has 0 fully saturated rings. The van der Waals surface area contributed by atoms with Gasteiger partial charge in [-0.2, -0.15) is 0 Å². The second kappa shape index (κ2) is 9.52. The highest BCUT2D eigenvalue weighted by molar-refractivity contribution is 5.91. The number of benzene rings is 2. The Bertz CT molecular complexity index is 677. The number of carbonyl (C=O) groups excluding carboxylic acids is 1. The van der Waals surface area contributed by atoms with E-state index in [1.165, 1.54) is 5.56 Å². The summed E-state index contributed by atoms with van der Waals surface area (Å²) in [5, 5.41) is 2.79. The van der Waals surface area contributed by atoms with E-state index in [4.69, 9.17) is 9.47 Å². The van der Waals surface area contributed by atoms with Crippen molar-refractivity contribution in [3.8, 4) is 11.5 Å². The second-order valence-corrected chi connectivity index (χ2v) is 5.84. The van der Waals surface area contributed by atoms with Crippen LogP contribution < -0.4 is 14.8 Å². The Balaban J connectivity index is 1.81. The fourth-order valence-corrected chi connectivity index (χ4v) is 2.26. The first-order valence-electron chi connectivity index (χ1n) is 8.48. The predicted octanol–water partition coefficient (Wildman–Crippen LogP) is 4.78. The lowest BCUT2D eigenvalue weighted by Gasteiger charge is -2.11. The van der Waals surface area contributed by atoms with Crippen LogP contribution >= 0.6 is 0 Å². The molecule has 4 nitrogen and oxygen atoms in total. The van der Waals surface area contributed by atoms with E-state index in [9.17, 15) is 4.79 Å². The molecule has 1 amide bonds. The summed E-state index contributed by atoms with van der Waals surface area (Å²) in [5.74, 6) is 1.74. The molecule has 0 saturated carbocycles. The summed E-state index contributed by atoms with van der Waals surface area (Å²) in [6.45, 7) is 8.38. The molecule has 0 bridgehead atoms. The molecule has 2 aromatic carbocycles. The highest BCUT2D eigenvalue weighted by atomic mass is 16.5. The summed E-state index contributed by atoms with van der Waals surface area (Å²) in [6, 6.07) is 15.1. The summed E-state index contributed by atoms with van der Waals surface area (Å²) in [4.78, 5) is 12.0. The summed E-state index contributed by atoms with van der Waals surface area (Å²) in [6.07, 6.45) is 2.78. The SMILES string of the molecule is C=CCOc1ccc(NC(=O)COc2ccc([C@@H](C)CC)cc2)cc1.